The van der Waals surface area contributed by atoms with E-state index in [9.17, 15) is 9.59 Å². The summed E-state index contributed by atoms with van der Waals surface area (Å²) in [6.07, 6.45) is 3.58. The van der Waals surface area contributed by atoms with Crippen molar-refractivity contribution >= 4 is 17.7 Å². The minimum atomic E-state index is -0.306. The average Bonchev–Trinajstić information content (AvgIpc) is 2.92. The lowest BCUT2D eigenvalue weighted by Crippen LogP contribution is -2.41. The number of fused-ring (bicyclic) bond motifs is 1. The zero-order valence-electron chi connectivity index (χ0n) is 12.4. The quantitative estimate of drug-likeness (QED) is 0.668. The molecular formula is C14H17N5O2S. The number of amides is 1. The Morgan fingerprint density at radius 3 is 3.05 bits per heavy atom. The van der Waals surface area contributed by atoms with E-state index >= 15 is 0 Å². The second kappa shape index (κ2) is 5.96. The van der Waals surface area contributed by atoms with E-state index in [1.54, 1.807) is 19.4 Å². The number of H-pyrrole nitrogens is 1. The molecule has 0 fully saturated rings. The molecule has 0 aliphatic carbocycles. The molecule has 0 bridgehead atoms. The largest absolute Gasteiger partial charge is 0.334 e. The molecule has 0 radical (unpaired) electrons. The molecule has 3 rings (SSSR count). The summed E-state index contributed by atoms with van der Waals surface area (Å²) in [6.45, 7) is 5.60. The molecule has 0 aromatic carbocycles. The van der Waals surface area contributed by atoms with Crippen LogP contribution in [0.3, 0.4) is 0 Å². The molecule has 0 saturated heterocycles. The Balaban J connectivity index is 1.68. The molecule has 7 nitrogen and oxygen atoms in total. The van der Waals surface area contributed by atoms with Gasteiger partial charge in [-0.1, -0.05) is 11.8 Å². The first kappa shape index (κ1) is 14.8. The number of thioether (sulfide) groups is 1. The van der Waals surface area contributed by atoms with Gasteiger partial charge >= 0.3 is 0 Å². The molecule has 0 saturated carbocycles. The number of nitrogens with zero attached hydrogens (tertiary/aromatic N) is 4. The Labute approximate surface area is 131 Å². The summed E-state index contributed by atoms with van der Waals surface area (Å²) in [4.78, 5) is 36.9. The lowest BCUT2D eigenvalue weighted by molar-refractivity contribution is -0.131. The Hall–Kier alpha value is -2.09. The number of carbonyl (C=O) groups is 1. The Bertz CT molecular complexity index is 754. The van der Waals surface area contributed by atoms with Gasteiger partial charge in [0.15, 0.2) is 5.16 Å². The van der Waals surface area contributed by atoms with Gasteiger partial charge in [-0.05, 0) is 13.8 Å². The predicted octanol–water partition coefficient (Wildman–Crippen LogP) is 0.798. The molecule has 0 unspecified atom stereocenters. The smallest absolute Gasteiger partial charge is 0.251 e. The van der Waals surface area contributed by atoms with E-state index in [4.69, 9.17) is 0 Å². The van der Waals surface area contributed by atoms with Crippen LogP contribution in [0.4, 0.5) is 0 Å². The number of hydrogen-bond donors (Lipinski definition) is 1. The van der Waals surface area contributed by atoms with Gasteiger partial charge in [0.1, 0.15) is 0 Å². The Kier molecular flexibility index (Phi) is 4.02. The highest BCUT2D eigenvalue weighted by Gasteiger charge is 2.25. The number of aromatic amines is 1. The maximum absolute atomic E-state index is 12.6. The number of carbonyl (C=O) groups excluding carboxylic acids is 1. The number of aromatic nitrogens is 4. The summed E-state index contributed by atoms with van der Waals surface area (Å²) in [7, 11) is 0. The summed E-state index contributed by atoms with van der Waals surface area (Å²) in [5, 5.41) is 0.173. The van der Waals surface area contributed by atoms with E-state index in [0.717, 1.165) is 12.2 Å². The maximum Gasteiger partial charge on any atom is 0.251 e. The molecule has 2 aromatic rings. The van der Waals surface area contributed by atoms with E-state index in [0.29, 0.717) is 23.9 Å². The van der Waals surface area contributed by atoms with Crippen LogP contribution in [0.1, 0.15) is 18.3 Å². The van der Waals surface area contributed by atoms with E-state index in [1.807, 2.05) is 11.8 Å². The van der Waals surface area contributed by atoms with Gasteiger partial charge in [0.25, 0.3) is 5.56 Å². The fourth-order valence-electron chi connectivity index (χ4n) is 2.45. The summed E-state index contributed by atoms with van der Waals surface area (Å²) < 4.78 is 2.06. The number of nitrogens with one attached hydrogen (secondary N) is 1. The molecule has 3 heterocycles. The molecule has 8 heteroatoms. The maximum atomic E-state index is 12.6. The highest BCUT2D eigenvalue weighted by Crippen LogP contribution is 2.22. The number of imidazole rings is 1. The van der Waals surface area contributed by atoms with Crippen molar-refractivity contribution in [3.8, 4) is 0 Å². The van der Waals surface area contributed by atoms with Crippen molar-refractivity contribution in [1.29, 1.82) is 0 Å². The van der Waals surface area contributed by atoms with Crippen LogP contribution in [-0.4, -0.2) is 42.1 Å². The van der Waals surface area contributed by atoms with Gasteiger partial charge in [0.2, 0.25) is 5.91 Å². The predicted molar refractivity (Wildman–Crippen MR) is 82.6 cm³/mol. The number of aryl methyl sites for hydroxylation is 1. The summed E-state index contributed by atoms with van der Waals surface area (Å²) in [6, 6.07) is 1.43. The normalized spacial score (nSPS) is 15.5. The first-order chi connectivity index (χ1) is 10.5. The monoisotopic (exact) mass is 319 g/mol. The van der Waals surface area contributed by atoms with Crippen LogP contribution >= 0.6 is 11.8 Å². The van der Waals surface area contributed by atoms with Gasteiger partial charge in [-0.3, -0.25) is 9.59 Å². The standard InChI is InChI=1S/C14H17N5O2S/c1-9-5-12(20)17-14(16-9)22-10(2)13(21)18-3-4-19-8-15-6-11(19)7-18/h5-6,8,10H,3-4,7H2,1-2H3,(H,16,17,20)/t10-/m0/s1. The van der Waals surface area contributed by atoms with E-state index in [1.165, 1.54) is 17.8 Å². The van der Waals surface area contributed by atoms with Crippen molar-refractivity contribution in [2.24, 2.45) is 0 Å². The second-order valence-corrected chi connectivity index (χ2v) is 6.62. The highest BCUT2D eigenvalue weighted by atomic mass is 32.2. The van der Waals surface area contributed by atoms with Gasteiger partial charge < -0.3 is 14.5 Å². The zero-order valence-corrected chi connectivity index (χ0v) is 13.3. The van der Waals surface area contributed by atoms with Gasteiger partial charge in [0.05, 0.1) is 23.8 Å². The highest BCUT2D eigenvalue weighted by molar-refractivity contribution is 8.00. The van der Waals surface area contributed by atoms with E-state index < -0.39 is 0 Å². The summed E-state index contributed by atoms with van der Waals surface area (Å²) in [5.41, 5.74) is 1.49. The third kappa shape index (κ3) is 3.06. The molecule has 2 aromatic heterocycles. The van der Waals surface area contributed by atoms with Crippen LogP contribution in [0.5, 0.6) is 0 Å². The molecule has 0 spiro atoms. The third-order valence-corrected chi connectivity index (χ3v) is 4.53. The molecule has 1 aliphatic heterocycles. The van der Waals surface area contributed by atoms with Crippen molar-refractivity contribution in [3.63, 3.8) is 0 Å². The van der Waals surface area contributed by atoms with Gasteiger partial charge in [0, 0.05) is 31.0 Å². The topological polar surface area (TPSA) is 83.9 Å². The minimum absolute atomic E-state index is 0.0432. The van der Waals surface area contributed by atoms with Crippen molar-refractivity contribution in [2.75, 3.05) is 6.54 Å². The molecule has 1 aliphatic rings. The zero-order chi connectivity index (χ0) is 15.7. The first-order valence-corrected chi connectivity index (χ1v) is 7.93. The van der Waals surface area contributed by atoms with Crippen molar-refractivity contribution < 1.29 is 4.79 Å². The number of hydrogen-bond acceptors (Lipinski definition) is 5. The van der Waals surface area contributed by atoms with Crippen LogP contribution < -0.4 is 5.56 Å². The molecule has 116 valence electrons. The Morgan fingerprint density at radius 2 is 2.27 bits per heavy atom. The Morgan fingerprint density at radius 1 is 1.45 bits per heavy atom. The van der Waals surface area contributed by atoms with Crippen LogP contribution in [0.2, 0.25) is 0 Å². The molecule has 22 heavy (non-hydrogen) atoms. The van der Waals surface area contributed by atoms with Crippen LogP contribution in [0.15, 0.2) is 28.5 Å². The van der Waals surface area contributed by atoms with Crippen molar-refractivity contribution in [2.45, 2.75) is 37.3 Å². The second-order valence-electron chi connectivity index (χ2n) is 5.29. The average molecular weight is 319 g/mol. The third-order valence-electron chi connectivity index (χ3n) is 3.56. The lowest BCUT2D eigenvalue weighted by Gasteiger charge is -2.29. The SMILES string of the molecule is Cc1cc(=O)[nH]c(S[C@@H](C)C(=O)N2CCn3cncc3C2)n1. The first-order valence-electron chi connectivity index (χ1n) is 7.05. The molecule has 1 N–H and O–H groups in total. The van der Waals surface area contributed by atoms with Gasteiger partial charge in [-0.25, -0.2) is 9.97 Å². The van der Waals surface area contributed by atoms with Crippen LogP contribution in [-0.2, 0) is 17.9 Å². The van der Waals surface area contributed by atoms with E-state index in [2.05, 4.69) is 19.5 Å². The van der Waals surface area contributed by atoms with E-state index in [-0.39, 0.29) is 16.7 Å². The fourth-order valence-corrected chi connectivity index (χ4v) is 3.40. The van der Waals surface area contributed by atoms with Gasteiger partial charge in [-0.15, -0.1) is 0 Å². The number of rotatable bonds is 3. The molecule has 1 atom stereocenters. The van der Waals surface area contributed by atoms with Gasteiger partial charge in [-0.2, -0.15) is 0 Å². The fraction of sp³-hybridized carbons (Fsp3) is 0.429. The van der Waals surface area contributed by atoms with Crippen molar-refractivity contribution in [1.82, 2.24) is 24.4 Å². The summed E-state index contributed by atoms with van der Waals surface area (Å²) >= 11 is 1.28. The molecule has 1 amide bonds. The van der Waals surface area contributed by atoms with Crippen molar-refractivity contribution in [3.05, 3.63) is 40.3 Å². The minimum Gasteiger partial charge on any atom is -0.334 e. The molecular weight excluding hydrogens is 302 g/mol. The lowest BCUT2D eigenvalue weighted by atomic mass is 10.3. The summed E-state index contributed by atoms with van der Waals surface area (Å²) in [5.74, 6) is 0.0432. The van der Waals surface area contributed by atoms with Crippen LogP contribution in [0, 0.1) is 6.92 Å². The van der Waals surface area contributed by atoms with Crippen LogP contribution in [0.25, 0.3) is 0 Å².